The first-order valence-corrected chi connectivity index (χ1v) is 8.49. The minimum atomic E-state index is -0.185. The third-order valence-electron chi connectivity index (χ3n) is 4.51. The molecule has 25 heavy (non-hydrogen) atoms. The highest BCUT2D eigenvalue weighted by atomic mass is 16.5. The summed E-state index contributed by atoms with van der Waals surface area (Å²) in [4.78, 5) is 12.3. The van der Waals surface area contributed by atoms with E-state index in [1.807, 2.05) is 56.3 Å². The Kier molecular flexibility index (Phi) is 5.12. The largest absolute Gasteiger partial charge is 0.493 e. The number of rotatable bonds is 4. The molecule has 1 aliphatic heterocycles. The number of aryl methyl sites for hydroxylation is 1. The van der Waals surface area contributed by atoms with Gasteiger partial charge in [-0.05, 0) is 37.5 Å². The van der Waals surface area contributed by atoms with Crippen LogP contribution in [0.15, 0.2) is 42.5 Å². The molecule has 0 bridgehead atoms. The molecule has 3 rings (SSSR count). The van der Waals surface area contributed by atoms with Crippen molar-refractivity contribution >= 4 is 6.03 Å². The molecular formula is C20H24N2O3. The second kappa shape index (κ2) is 7.47. The van der Waals surface area contributed by atoms with E-state index in [-0.39, 0.29) is 18.1 Å². The molecule has 132 valence electrons. The molecule has 0 aliphatic carbocycles. The van der Waals surface area contributed by atoms with E-state index in [0.717, 1.165) is 34.6 Å². The van der Waals surface area contributed by atoms with E-state index in [1.54, 1.807) is 7.11 Å². The number of hydrogen-bond donors (Lipinski definition) is 2. The lowest BCUT2D eigenvalue weighted by atomic mass is 10.0. The zero-order valence-corrected chi connectivity index (χ0v) is 14.8. The summed E-state index contributed by atoms with van der Waals surface area (Å²) >= 11 is 0. The van der Waals surface area contributed by atoms with E-state index in [4.69, 9.17) is 9.47 Å². The zero-order valence-electron chi connectivity index (χ0n) is 14.8. The van der Waals surface area contributed by atoms with Gasteiger partial charge in [0, 0.05) is 5.56 Å². The molecule has 0 spiro atoms. The van der Waals surface area contributed by atoms with Gasteiger partial charge in [-0.2, -0.15) is 0 Å². The number of carbonyl (C=O) groups excluding carboxylic acids is 1. The summed E-state index contributed by atoms with van der Waals surface area (Å²) < 4.78 is 11.1. The van der Waals surface area contributed by atoms with E-state index in [2.05, 4.69) is 10.6 Å². The van der Waals surface area contributed by atoms with Crippen LogP contribution in [0.3, 0.4) is 0 Å². The van der Waals surface area contributed by atoms with Crippen LogP contribution in [-0.2, 0) is 6.42 Å². The van der Waals surface area contributed by atoms with Crippen LogP contribution in [0.2, 0.25) is 0 Å². The molecule has 0 fully saturated rings. The number of para-hydroxylation sites is 1. The van der Waals surface area contributed by atoms with Crippen molar-refractivity contribution in [1.29, 1.82) is 0 Å². The third-order valence-corrected chi connectivity index (χ3v) is 4.51. The molecule has 2 atom stereocenters. The van der Waals surface area contributed by atoms with Gasteiger partial charge in [0.25, 0.3) is 0 Å². The average molecular weight is 340 g/mol. The van der Waals surface area contributed by atoms with E-state index in [0.29, 0.717) is 6.61 Å². The van der Waals surface area contributed by atoms with Gasteiger partial charge in [0.15, 0.2) is 11.5 Å². The summed E-state index contributed by atoms with van der Waals surface area (Å²) in [6.45, 7) is 4.46. The Labute approximate surface area is 148 Å². The first-order valence-electron chi connectivity index (χ1n) is 8.49. The van der Waals surface area contributed by atoms with Gasteiger partial charge < -0.3 is 20.1 Å². The van der Waals surface area contributed by atoms with Crippen molar-refractivity contribution in [2.45, 2.75) is 32.4 Å². The zero-order chi connectivity index (χ0) is 17.8. The Morgan fingerprint density at radius 3 is 2.80 bits per heavy atom. The Hall–Kier alpha value is -2.69. The van der Waals surface area contributed by atoms with Crippen molar-refractivity contribution in [3.05, 3.63) is 59.2 Å². The average Bonchev–Trinajstić information content (AvgIpc) is 2.61. The molecule has 2 aromatic rings. The Balaban J connectivity index is 1.60. The van der Waals surface area contributed by atoms with Gasteiger partial charge in [0.05, 0.1) is 19.2 Å². The molecule has 5 heteroatoms. The number of urea groups is 1. The van der Waals surface area contributed by atoms with Gasteiger partial charge >= 0.3 is 6.03 Å². The number of ether oxygens (including phenoxy) is 2. The lowest BCUT2D eigenvalue weighted by Gasteiger charge is -2.28. The summed E-state index contributed by atoms with van der Waals surface area (Å²) in [5.74, 6) is 1.50. The fourth-order valence-electron chi connectivity index (χ4n) is 3.22. The topological polar surface area (TPSA) is 59.6 Å². The lowest BCUT2D eigenvalue weighted by molar-refractivity contribution is 0.208. The summed E-state index contributed by atoms with van der Waals surface area (Å²) in [5.41, 5.74) is 3.33. The predicted molar refractivity (Wildman–Crippen MR) is 97.2 cm³/mol. The van der Waals surface area contributed by atoms with Crippen LogP contribution in [0.1, 0.15) is 29.7 Å². The normalized spacial score (nSPS) is 17.0. The highest BCUT2D eigenvalue weighted by Crippen LogP contribution is 2.34. The number of fused-ring (bicyclic) bond motifs is 1. The summed E-state index contributed by atoms with van der Waals surface area (Å²) in [6, 6.07) is 13.6. The van der Waals surface area contributed by atoms with Crippen molar-refractivity contribution in [3.63, 3.8) is 0 Å². The van der Waals surface area contributed by atoms with Crippen LogP contribution in [0.5, 0.6) is 11.5 Å². The summed E-state index contributed by atoms with van der Waals surface area (Å²) in [7, 11) is 1.63. The molecule has 0 radical (unpaired) electrons. The molecule has 0 aromatic heterocycles. The van der Waals surface area contributed by atoms with Crippen molar-refractivity contribution in [1.82, 2.24) is 10.6 Å². The molecule has 0 saturated carbocycles. The maximum atomic E-state index is 12.3. The number of carbonyl (C=O) groups is 1. The maximum absolute atomic E-state index is 12.3. The summed E-state index contributed by atoms with van der Waals surface area (Å²) in [6.07, 6.45) is 0.721. The number of benzene rings is 2. The number of methoxy groups -OCH3 is 1. The fourth-order valence-corrected chi connectivity index (χ4v) is 3.22. The molecular weight excluding hydrogens is 316 g/mol. The highest BCUT2D eigenvalue weighted by molar-refractivity contribution is 5.75. The van der Waals surface area contributed by atoms with Gasteiger partial charge in [0.2, 0.25) is 0 Å². The van der Waals surface area contributed by atoms with Crippen LogP contribution < -0.4 is 20.1 Å². The smallest absolute Gasteiger partial charge is 0.315 e. The number of nitrogens with one attached hydrogen (secondary N) is 2. The van der Waals surface area contributed by atoms with Crippen molar-refractivity contribution in [2.24, 2.45) is 0 Å². The number of hydrogen-bond acceptors (Lipinski definition) is 3. The molecule has 2 unspecified atom stereocenters. The second-order valence-electron chi connectivity index (χ2n) is 6.36. The van der Waals surface area contributed by atoms with Crippen LogP contribution in [0.4, 0.5) is 4.79 Å². The van der Waals surface area contributed by atoms with Crippen LogP contribution in [0, 0.1) is 6.92 Å². The molecule has 2 amide bonds. The molecule has 1 aliphatic rings. The van der Waals surface area contributed by atoms with Gasteiger partial charge in [-0.15, -0.1) is 0 Å². The molecule has 5 nitrogen and oxygen atoms in total. The minimum absolute atomic E-state index is 0.0573. The van der Waals surface area contributed by atoms with E-state index < -0.39 is 0 Å². The molecule has 1 heterocycles. The van der Waals surface area contributed by atoms with Crippen LogP contribution in [-0.4, -0.2) is 25.8 Å². The van der Waals surface area contributed by atoms with Crippen LogP contribution in [0.25, 0.3) is 0 Å². The third kappa shape index (κ3) is 3.87. The first-order chi connectivity index (χ1) is 12.1. The first kappa shape index (κ1) is 17.1. The van der Waals surface area contributed by atoms with Crippen molar-refractivity contribution in [2.75, 3.05) is 13.7 Å². The van der Waals surface area contributed by atoms with E-state index in [9.17, 15) is 4.79 Å². The fraction of sp³-hybridized carbons (Fsp3) is 0.350. The monoisotopic (exact) mass is 340 g/mol. The highest BCUT2D eigenvalue weighted by Gasteiger charge is 2.24. The van der Waals surface area contributed by atoms with Gasteiger partial charge in [-0.25, -0.2) is 4.79 Å². The van der Waals surface area contributed by atoms with Crippen molar-refractivity contribution < 1.29 is 14.3 Å². The standard InChI is InChI=1S/C20H24N2O3/c1-13-7-4-5-9-17(13)14(2)21-20(23)22-16-11-15-8-6-10-18(24-3)19(15)25-12-16/h4-10,14,16H,11-12H2,1-3H3,(H2,21,22,23). The predicted octanol–water partition coefficient (Wildman–Crippen LogP) is 3.37. The number of amides is 2. The van der Waals surface area contributed by atoms with E-state index >= 15 is 0 Å². The Bertz CT molecular complexity index is 760. The SMILES string of the molecule is COc1cccc2c1OCC(NC(=O)NC(C)c1ccccc1C)C2. The summed E-state index contributed by atoms with van der Waals surface area (Å²) in [5, 5.41) is 6.00. The van der Waals surface area contributed by atoms with Crippen LogP contribution >= 0.6 is 0 Å². The molecule has 2 aromatic carbocycles. The van der Waals surface area contributed by atoms with Gasteiger partial charge in [-0.3, -0.25) is 0 Å². The van der Waals surface area contributed by atoms with E-state index in [1.165, 1.54) is 0 Å². The maximum Gasteiger partial charge on any atom is 0.315 e. The second-order valence-corrected chi connectivity index (χ2v) is 6.36. The Morgan fingerprint density at radius 2 is 2.04 bits per heavy atom. The minimum Gasteiger partial charge on any atom is -0.493 e. The molecule has 2 N–H and O–H groups in total. The van der Waals surface area contributed by atoms with Gasteiger partial charge in [0.1, 0.15) is 6.61 Å². The van der Waals surface area contributed by atoms with Crippen molar-refractivity contribution in [3.8, 4) is 11.5 Å². The molecule has 0 saturated heterocycles. The Morgan fingerprint density at radius 1 is 1.24 bits per heavy atom. The quantitative estimate of drug-likeness (QED) is 0.897. The van der Waals surface area contributed by atoms with Gasteiger partial charge in [-0.1, -0.05) is 36.4 Å². The lowest BCUT2D eigenvalue weighted by Crippen LogP contribution is -2.47.